The largest absolute Gasteiger partial charge is 0.462 e. The normalized spacial score (nSPS) is 13.4. The monoisotopic (exact) mass is 531 g/mol. The molecule has 0 fully saturated rings. The smallest absolute Gasteiger partial charge is 0.338 e. The zero-order chi connectivity index (χ0) is 28.0. The summed E-state index contributed by atoms with van der Waals surface area (Å²) in [6, 6.07) is 8.65. The molecule has 10 nitrogen and oxygen atoms in total. The van der Waals surface area contributed by atoms with Crippen LogP contribution in [0, 0.1) is 22.7 Å². The van der Waals surface area contributed by atoms with Crippen molar-refractivity contribution in [1.29, 1.82) is 10.5 Å². The molecule has 0 amide bonds. The van der Waals surface area contributed by atoms with Crippen LogP contribution in [0.5, 0.6) is 0 Å². The van der Waals surface area contributed by atoms with E-state index in [9.17, 15) is 13.2 Å². The first-order valence-electron chi connectivity index (χ1n) is 12.4. The van der Waals surface area contributed by atoms with Gasteiger partial charge in [-0.25, -0.2) is 4.79 Å². The fraction of sp³-hybridized carbons (Fsp3) is 0.500. The lowest BCUT2D eigenvalue weighted by atomic mass is 10.1. The van der Waals surface area contributed by atoms with E-state index in [4.69, 9.17) is 19.8 Å². The van der Waals surface area contributed by atoms with Gasteiger partial charge in [0.05, 0.1) is 29.3 Å². The number of anilines is 2. The van der Waals surface area contributed by atoms with Crippen LogP contribution < -0.4 is 9.80 Å². The van der Waals surface area contributed by atoms with Crippen molar-refractivity contribution in [2.75, 3.05) is 54.9 Å². The van der Waals surface area contributed by atoms with Crippen LogP contribution in [0.2, 0.25) is 0 Å². The van der Waals surface area contributed by atoms with E-state index in [2.05, 4.69) is 25.7 Å². The summed E-state index contributed by atoms with van der Waals surface area (Å²) in [6.45, 7) is 14.8. The average Bonchev–Trinajstić information content (AvgIpc) is 3.17. The van der Waals surface area contributed by atoms with Crippen LogP contribution in [-0.4, -0.2) is 68.9 Å². The number of rotatable bonds is 11. The Labute approximate surface area is 220 Å². The fourth-order valence-electron chi connectivity index (χ4n) is 3.78. The maximum Gasteiger partial charge on any atom is 0.338 e. The number of benzene rings is 1. The summed E-state index contributed by atoms with van der Waals surface area (Å²) < 4.78 is 36.4. The third-order valence-electron chi connectivity index (χ3n) is 5.70. The quantitative estimate of drug-likeness (QED) is 0.254. The van der Waals surface area contributed by atoms with Gasteiger partial charge in [-0.1, -0.05) is 20.8 Å². The van der Waals surface area contributed by atoms with E-state index in [1.165, 1.54) is 25.7 Å². The molecule has 0 saturated carbocycles. The van der Waals surface area contributed by atoms with Crippen molar-refractivity contribution < 1.29 is 22.5 Å². The van der Waals surface area contributed by atoms with Gasteiger partial charge in [0.1, 0.15) is 23.5 Å². The summed E-state index contributed by atoms with van der Waals surface area (Å²) in [5.41, 5.74) is 1.71. The molecule has 1 heterocycles. The molecule has 37 heavy (non-hydrogen) atoms. The van der Waals surface area contributed by atoms with E-state index in [0.717, 1.165) is 5.69 Å². The van der Waals surface area contributed by atoms with E-state index in [1.807, 2.05) is 11.8 Å². The number of carbonyl (C=O) groups is 1. The predicted molar refractivity (Wildman–Crippen MR) is 145 cm³/mol. The Morgan fingerprint density at radius 2 is 1.68 bits per heavy atom. The number of carbonyl (C=O) groups excluding carboxylic acids is 1. The van der Waals surface area contributed by atoms with Crippen LogP contribution >= 0.6 is 0 Å². The highest BCUT2D eigenvalue weighted by Gasteiger charge is 2.31. The molecular weight excluding hydrogens is 494 g/mol. The second-order valence-corrected chi connectivity index (χ2v) is 9.48. The zero-order valence-electron chi connectivity index (χ0n) is 22.3. The average molecular weight is 532 g/mol. The molecule has 0 saturated heterocycles. The van der Waals surface area contributed by atoms with Gasteiger partial charge in [-0.15, -0.1) is 0 Å². The second-order valence-electron chi connectivity index (χ2n) is 7.91. The van der Waals surface area contributed by atoms with Gasteiger partial charge in [0, 0.05) is 13.1 Å². The molecule has 0 unspecified atom stereocenters. The predicted octanol–water partition coefficient (Wildman–Crippen LogP) is 3.95. The molecule has 1 aromatic carbocycles. The van der Waals surface area contributed by atoms with Crippen LogP contribution in [0.1, 0.15) is 51.4 Å². The molecular formula is C26H37N5O5S. The minimum atomic E-state index is -4.12. The Morgan fingerprint density at radius 3 is 2.14 bits per heavy atom. The van der Waals surface area contributed by atoms with Gasteiger partial charge < -0.3 is 19.4 Å². The Morgan fingerprint density at radius 1 is 1.05 bits per heavy atom. The van der Waals surface area contributed by atoms with Crippen LogP contribution in [0.3, 0.4) is 0 Å². The van der Waals surface area contributed by atoms with Crippen molar-refractivity contribution in [3.05, 3.63) is 47.3 Å². The number of ether oxygens (including phenoxy) is 1. The molecule has 1 aromatic rings. The lowest BCUT2D eigenvalue weighted by molar-refractivity contribution is 0.0526. The first-order valence-corrected chi connectivity index (χ1v) is 14.0. The van der Waals surface area contributed by atoms with E-state index in [1.54, 1.807) is 48.2 Å². The number of hydrogen-bond acceptors (Lipinski definition) is 9. The summed E-state index contributed by atoms with van der Waals surface area (Å²) in [6.07, 6.45) is 3.11. The lowest BCUT2D eigenvalue weighted by Crippen LogP contribution is -2.29. The Hall–Kier alpha value is -3.38. The highest BCUT2D eigenvalue weighted by Crippen LogP contribution is 2.42. The standard InChI is InChI=1S/C20H22N4O5S.C6H15N/c1-3-23-17-8-7-16(20(25)29-4-2)12-18(17)24(10-5-11-30(26,27)28)19(23)9-6-15(13-21)14-22;1-4-7(5-2)6-3/h6-9,12H,3-5,10-11H2,1-2H3,(H,26,27,28);4-6H2,1-3H3/b19-9-;. The summed E-state index contributed by atoms with van der Waals surface area (Å²) in [5.74, 6) is -0.283. The Kier molecular flexibility index (Phi) is 13.4. The zero-order valence-corrected chi connectivity index (χ0v) is 23.1. The minimum Gasteiger partial charge on any atom is -0.462 e. The summed E-state index contributed by atoms with van der Waals surface area (Å²) in [7, 11) is -4.12. The maximum atomic E-state index is 12.2. The van der Waals surface area contributed by atoms with Crippen molar-refractivity contribution >= 4 is 27.5 Å². The molecule has 0 aromatic heterocycles. The summed E-state index contributed by atoms with van der Waals surface area (Å²) >= 11 is 0. The van der Waals surface area contributed by atoms with Gasteiger partial charge in [-0.3, -0.25) is 4.55 Å². The number of esters is 1. The molecule has 1 N–H and O–H groups in total. The topological polar surface area (TPSA) is 138 Å². The Balaban J connectivity index is 0.000000856. The summed E-state index contributed by atoms with van der Waals surface area (Å²) in [4.78, 5) is 18.2. The molecule has 1 aliphatic heterocycles. The van der Waals surface area contributed by atoms with Gasteiger partial charge in [-0.05, 0) is 70.3 Å². The highest BCUT2D eigenvalue weighted by molar-refractivity contribution is 7.85. The van der Waals surface area contributed by atoms with E-state index in [0.29, 0.717) is 23.6 Å². The molecule has 2 rings (SSSR count). The highest BCUT2D eigenvalue weighted by atomic mass is 32.2. The van der Waals surface area contributed by atoms with Gasteiger partial charge in [0.15, 0.2) is 0 Å². The third-order valence-corrected chi connectivity index (χ3v) is 6.51. The first kappa shape index (κ1) is 31.6. The number of nitriles is 2. The molecule has 0 atom stereocenters. The number of nitrogens with zero attached hydrogens (tertiary/aromatic N) is 5. The van der Waals surface area contributed by atoms with Gasteiger partial charge in [-0.2, -0.15) is 18.9 Å². The fourth-order valence-corrected chi connectivity index (χ4v) is 4.28. The lowest BCUT2D eigenvalue weighted by Gasteiger charge is -2.24. The van der Waals surface area contributed by atoms with E-state index in [-0.39, 0.29) is 25.1 Å². The molecule has 0 bridgehead atoms. The first-order chi connectivity index (χ1) is 17.6. The number of hydrogen-bond donors (Lipinski definition) is 1. The molecule has 0 spiro atoms. The SMILES string of the molecule is CCN(CC)CC.CCOC(=O)c1ccc2c(c1)N(CCCS(=O)(=O)O)/C(=C\C=C(C#N)C#N)N2CC. The van der Waals surface area contributed by atoms with Crippen molar-refractivity contribution in [3.63, 3.8) is 0 Å². The molecule has 202 valence electrons. The van der Waals surface area contributed by atoms with Gasteiger partial charge in [0.2, 0.25) is 0 Å². The van der Waals surface area contributed by atoms with E-state index >= 15 is 0 Å². The van der Waals surface area contributed by atoms with Crippen LogP contribution in [-0.2, 0) is 14.9 Å². The van der Waals surface area contributed by atoms with Crippen LogP contribution in [0.25, 0.3) is 0 Å². The maximum absolute atomic E-state index is 12.2. The third kappa shape index (κ3) is 9.54. The van der Waals surface area contributed by atoms with Crippen molar-refractivity contribution in [2.24, 2.45) is 0 Å². The molecule has 0 aliphatic carbocycles. The molecule has 1 aliphatic rings. The Bertz CT molecular complexity index is 1140. The van der Waals surface area contributed by atoms with Crippen molar-refractivity contribution in [1.82, 2.24) is 4.90 Å². The second kappa shape index (κ2) is 15.7. The van der Waals surface area contributed by atoms with Crippen molar-refractivity contribution in [3.8, 4) is 12.1 Å². The minimum absolute atomic E-state index is 0.0837. The summed E-state index contributed by atoms with van der Waals surface area (Å²) in [5, 5.41) is 18.0. The van der Waals surface area contributed by atoms with Gasteiger partial charge >= 0.3 is 5.97 Å². The number of allylic oxidation sites excluding steroid dienone is 3. The molecule has 0 radical (unpaired) electrons. The van der Waals surface area contributed by atoms with Gasteiger partial charge in [0.25, 0.3) is 10.1 Å². The van der Waals surface area contributed by atoms with E-state index < -0.39 is 21.8 Å². The number of fused-ring (bicyclic) bond motifs is 1. The van der Waals surface area contributed by atoms with Crippen LogP contribution in [0.15, 0.2) is 41.7 Å². The molecule has 11 heteroatoms. The van der Waals surface area contributed by atoms with Crippen LogP contribution in [0.4, 0.5) is 11.4 Å². The van der Waals surface area contributed by atoms with Crippen molar-refractivity contribution in [2.45, 2.75) is 41.0 Å².